The van der Waals surface area contributed by atoms with Crippen LogP contribution in [-0.4, -0.2) is 49.5 Å². The van der Waals surface area contributed by atoms with Gasteiger partial charge in [-0.2, -0.15) is 0 Å². The van der Waals surface area contributed by atoms with Gasteiger partial charge in [0.25, 0.3) is 0 Å². The van der Waals surface area contributed by atoms with E-state index < -0.39 is 39.7 Å². The van der Waals surface area contributed by atoms with Crippen molar-refractivity contribution < 1.29 is 27.1 Å². The Bertz CT molecular complexity index is 912. The van der Waals surface area contributed by atoms with Crippen LogP contribution < -0.4 is 5.32 Å². The summed E-state index contributed by atoms with van der Waals surface area (Å²) in [5.74, 6) is -1.28. The number of urea groups is 1. The second-order valence-electron chi connectivity index (χ2n) is 6.58. The number of allylic oxidation sites excluding steroid dienone is 1. The zero-order valence-electron chi connectivity index (χ0n) is 15.1. The van der Waals surface area contributed by atoms with Gasteiger partial charge in [-0.1, -0.05) is 12.1 Å². The number of hydrogen-bond donors (Lipinski definition) is 1. The Kier molecular flexibility index (Phi) is 5.23. The van der Waals surface area contributed by atoms with Crippen molar-refractivity contribution in [1.82, 2.24) is 10.2 Å². The molecule has 2 aliphatic rings. The monoisotopic (exact) mass is 396 g/mol. The van der Waals surface area contributed by atoms with Crippen LogP contribution in [-0.2, 0) is 19.4 Å². The molecule has 0 aliphatic carbocycles. The van der Waals surface area contributed by atoms with Gasteiger partial charge in [0.2, 0.25) is 0 Å². The molecule has 1 aromatic rings. The van der Waals surface area contributed by atoms with Gasteiger partial charge in [0.1, 0.15) is 5.82 Å². The van der Waals surface area contributed by atoms with Gasteiger partial charge >= 0.3 is 12.0 Å². The molecule has 2 heterocycles. The van der Waals surface area contributed by atoms with Gasteiger partial charge in [-0.25, -0.2) is 22.4 Å². The third kappa shape index (κ3) is 3.83. The number of rotatable bonds is 4. The van der Waals surface area contributed by atoms with Gasteiger partial charge < -0.3 is 10.1 Å². The Morgan fingerprint density at radius 2 is 2.15 bits per heavy atom. The lowest BCUT2D eigenvalue weighted by Crippen LogP contribution is -2.52. The van der Waals surface area contributed by atoms with E-state index in [1.807, 2.05) is 0 Å². The van der Waals surface area contributed by atoms with Crippen molar-refractivity contribution in [3.8, 4) is 0 Å². The highest BCUT2D eigenvalue weighted by molar-refractivity contribution is 7.91. The number of carbonyl (C=O) groups is 2. The third-order valence-electron chi connectivity index (χ3n) is 4.78. The standard InChI is InChI=1S/C18H21FN2O5S/c1-3-26-17(22)15-11(2)21(14-7-8-27(24,25)10-14)18(23)20-16(15)12-5-4-6-13(19)9-12/h4-6,9,14,16H,3,7-8,10H2,1-2H3,(H,20,23)/t14-,16+/m0/s1. The second kappa shape index (κ2) is 7.30. The fourth-order valence-corrected chi connectivity index (χ4v) is 5.29. The molecule has 0 aromatic heterocycles. The molecule has 1 fully saturated rings. The van der Waals surface area contributed by atoms with Crippen LogP contribution in [0.3, 0.4) is 0 Å². The highest BCUT2D eigenvalue weighted by Crippen LogP contribution is 2.34. The summed E-state index contributed by atoms with van der Waals surface area (Å²) in [5, 5.41) is 2.70. The first-order valence-corrected chi connectivity index (χ1v) is 10.5. The molecule has 1 saturated heterocycles. The molecule has 7 nitrogen and oxygen atoms in total. The number of hydrogen-bond acceptors (Lipinski definition) is 5. The maximum atomic E-state index is 13.7. The van der Waals surface area contributed by atoms with Crippen molar-refractivity contribution in [2.45, 2.75) is 32.4 Å². The molecule has 27 heavy (non-hydrogen) atoms. The molecule has 0 saturated carbocycles. The minimum atomic E-state index is -3.22. The zero-order valence-corrected chi connectivity index (χ0v) is 15.9. The van der Waals surface area contributed by atoms with E-state index in [0.717, 1.165) is 0 Å². The Morgan fingerprint density at radius 3 is 2.74 bits per heavy atom. The van der Waals surface area contributed by atoms with E-state index in [1.165, 1.54) is 23.1 Å². The van der Waals surface area contributed by atoms with E-state index in [9.17, 15) is 22.4 Å². The Labute approximate surface area is 157 Å². The summed E-state index contributed by atoms with van der Waals surface area (Å²) in [5.41, 5.74) is 0.907. The summed E-state index contributed by atoms with van der Waals surface area (Å²) in [6.45, 7) is 3.38. The van der Waals surface area contributed by atoms with E-state index in [0.29, 0.717) is 17.7 Å². The molecule has 2 atom stereocenters. The quantitative estimate of drug-likeness (QED) is 0.785. The van der Waals surface area contributed by atoms with Crippen LogP contribution in [0.2, 0.25) is 0 Å². The molecule has 0 spiro atoms. The minimum absolute atomic E-state index is 0.00318. The Hall–Kier alpha value is -2.42. The summed E-state index contributed by atoms with van der Waals surface area (Å²) in [6.07, 6.45) is 0.299. The largest absolute Gasteiger partial charge is 0.463 e. The smallest absolute Gasteiger partial charge is 0.338 e. The highest BCUT2D eigenvalue weighted by atomic mass is 32.2. The number of carbonyl (C=O) groups excluding carboxylic acids is 2. The number of amides is 2. The number of ether oxygens (including phenoxy) is 1. The maximum absolute atomic E-state index is 13.7. The van der Waals surface area contributed by atoms with Crippen molar-refractivity contribution in [2.24, 2.45) is 0 Å². The van der Waals surface area contributed by atoms with Crippen LogP contribution >= 0.6 is 0 Å². The minimum Gasteiger partial charge on any atom is -0.463 e. The highest BCUT2D eigenvalue weighted by Gasteiger charge is 2.42. The van der Waals surface area contributed by atoms with E-state index in [1.54, 1.807) is 19.9 Å². The topological polar surface area (TPSA) is 92.8 Å². The van der Waals surface area contributed by atoms with E-state index >= 15 is 0 Å². The van der Waals surface area contributed by atoms with Crippen molar-refractivity contribution in [2.75, 3.05) is 18.1 Å². The SMILES string of the molecule is CCOC(=O)C1=C(C)N([C@H]2CCS(=O)(=O)C2)C(=O)N[C@@H]1c1cccc(F)c1. The zero-order chi connectivity index (χ0) is 19.8. The van der Waals surface area contributed by atoms with E-state index in [4.69, 9.17) is 4.74 Å². The number of nitrogens with zero attached hydrogens (tertiary/aromatic N) is 1. The predicted octanol–water partition coefficient (Wildman–Crippen LogP) is 1.92. The lowest BCUT2D eigenvalue weighted by atomic mass is 9.94. The summed E-state index contributed by atoms with van der Waals surface area (Å²) < 4.78 is 42.5. The lowest BCUT2D eigenvalue weighted by molar-refractivity contribution is -0.139. The summed E-state index contributed by atoms with van der Waals surface area (Å²) in [6, 6.07) is 3.67. The van der Waals surface area contributed by atoms with Gasteiger partial charge in [-0.15, -0.1) is 0 Å². The maximum Gasteiger partial charge on any atom is 0.338 e. The first-order valence-electron chi connectivity index (χ1n) is 8.67. The van der Waals surface area contributed by atoms with Gasteiger partial charge in [0.05, 0.1) is 35.8 Å². The number of benzene rings is 1. The van der Waals surface area contributed by atoms with Crippen molar-refractivity contribution >= 4 is 21.8 Å². The predicted molar refractivity (Wildman–Crippen MR) is 95.9 cm³/mol. The van der Waals surface area contributed by atoms with Crippen LogP contribution in [0.5, 0.6) is 0 Å². The summed E-state index contributed by atoms with van der Waals surface area (Å²) in [4.78, 5) is 26.7. The first-order chi connectivity index (χ1) is 12.7. The molecule has 3 rings (SSSR count). The average Bonchev–Trinajstić information content (AvgIpc) is 2.94. The normalized spacial score (nSPS) is 24.7. The summed E-state index contributed by atoms with van der Waals surface area (Å²) in [7, 11) is -3.22. The molecular formula is C18H21FN2O5S. The number of nitrogens with one attached hydrogen (secondary N) is 1. The van der Waals surface area contributed by atoms with Gasteiger partial charge in [-0.05, 0) is 38.0 Å². The number of halogens is 1. The molecule has 0 unspecified atom stereocenters. The average molecular weight is 396 g/mol. The molecule has 0 radical (unpaired) electrons. The molecule has 146 valence electrons. The van der Waals surface area contributed by atoms with Crippen LogP contribution in [0.1, 0.15) is 31.9 Å². The van der Waals surface area contributed by atoms with Gasteiger partial charge in [0, 0.05) is 5.70 Å². The third-order valence-corrected chi connectivity index (χ3v) is 6.53. The van der Waals surface area contributed by atoms with Gasteiger partial charge in [0.15, 0.2) is 9.84 Å². The van der Waals surface area contributed by atoms with Crippen molar-refractivity contribution in [3.63, 3.8) is 0 Å². The molecule has 2 amide bonds. The van der Waals surface area contributed by atoms with E-state index in [-0.39, 0.29) is 23.7 Å². The molecule has 9 heteroatoms. The molecule has 2 aliphatic heterocycles. The molecule has 1 N–H and O–H groups in total. The first kappa shape index (κ1) is 19.3. The van der Waals surface area contributed by atoms with E-state index in [2.05, 4.69) is 5.32 Å². The number of esters is 1. The second-order valence-corrected chi connectivity index (χ2v) is 8.81. The summed E-state index contributed by atoms with van der Waals surface area (Å²) >= 11 is 0. The molecular weight excluding hydrogens is 375 g/mol. The van der Waals surface area contributed by atoms with Crippen molar-refractivity contribution in [3.05, 3.63) is 46.9 Å². The molecule has 1 aromatic carbocycles. The van der Waals surface area contributed by atoms with Crippen LogP contribution in [0.25, 0.3) is 0 Å². The van der Waals surface area contributed by atoms with Crippen LogP contribution in [0.4, 0.5) is 9.18 Å². The van der Waals surface area contributed by atoms with Crippen LogP contribution in [0.15, 0.2) is 35.5 Å². The fraction of sp³-hybridized carbons (Fsp3) is 0.444. The lowest BCUT2D eigenvalue weighted by Gasteiger charge is -2.38. The Morgan fingerprint density at radius 1 is 1.41 bits per heavy atom. The Balaban J connectivity index is 2.07. The fourth-order valence-electron chi connectivity index (χ4n) is 3.59. The van der Waals surface area contributed by atoms with Crippen LogP contribution in [0, 0.1) is 5.82 Å². The molecule has 0 bridgehead atoms. The van der Waals surface area contributed by atoms with Crippen molar-refractivity contribution in [1.29, 1.82) is 0 Å². The van der Waals surface area contributed by atoms with Gasteiger partial charge in [-0.3, -0.25) is 4.90 Å². The number of sulfone groups is 1.